The number of carbonyl (C=O) groups excluding carboxylic acids is 1. The zero-order chi connectivity index (χ0) is 18.7. The van der Waals surface area contributed by atoms with Crippen molar-refractivity contribution in [2.24, 2.45) is 5.73 Å². The minimum Gasteiger partial charge on any atom is -0.337 e. The molecule has 2 aliphatic rings. The highest BCUT2D eigenvalue weighted by atomic mass is 16.5. The van der Waals surface area contributed by atoms with Crippen LogP contribution in [-0.4, -0.2) is 16.2 Å². The monoisotopic (exact) mass is 369 g/mol. The third-order valence-corrected chi connectivity index (χ3v) is 5.88. The average Bonchev–Trinajstić information content (AvgIpc) is 3.42. The lowest BCUT2D eigenvalue weighted by molar-refractivity contribution is 0.204. The van der Waals surface area contributed by atoms with E-state index in [1.54, 1.807) is 0 Å². The molecule has 0 spiro atoms. The maximum absolute atomic E-state index is 12.5. The van der Waals surface area contributed by atoms with E-state index >= 15 is 0 Å². The molecule has 2 aromatic rings. The second-order valence-electron chi connectivity index (χ2n) is 7.87. The lowest BCUT2D eigenvalue weighted by atomic mass is 9.96. The molecule has 2 saturated carbocycles. The number of aromatic nitrogens is 2. The molecule has 27 heavy (non-hydrogen) atoms. The third-order valence-electron chi connectivity index (χ3n) is 5.88. The van der Waals surface area contributed by atoms with Gasteiger partial charge in [-0.25, -0.2) is 4.79 Å². The maximum atomic E-state index is 12.5. The van der Waals surface area contributed by atoms with Gasteiger partial charge in [-0.2, -0.15) is 4.98 Å². The molecule has 0 saturated heterocycles. The molecule has 2 amide bonds. The van der Waals surface area contributed by atoms with E-state index in [1.165, 1.54) is 0 Å². The summed E-state index contributed by atoms with van der Waals surface area (Å²) in [6.07, 6.45) is 7.57. The molecule has 4 rings (SSSR count). The number of nitrogens with zero attached hydrogens (tertiary/aromatic N) is 2. The predicted octanol–water partition coefficient (Wildman–Crippen LogP) is 3.07. The lowest BCUT2D eigenvalue weighted by Gasteiger charge is -2.26. The summed E-state index contributed by atoms with van der Waals surface area (Å²) in [7, 11) is 0. The summed E-state index contributed by atoms with van der Waals surface area (Å²) in [6.45, 7) is 0.476. The minimum atomic E-state index is -0.596. The molecule has 0 bridgehead atoms. The van der Waals surface area contributed by atoms with E-state index in [2.05, 4.69) is 20.8 Å². The molecule has 0 unspecified atom stereocenters. The van der Waals surface area contributed by atoms with Gasteiger partial charge in [0.25, 0.3) is 5.89 Å². The topological polar surface area (TPSA) is 106 Å². The first-order valence-corrected chi connectivity index (χ1v) is 9.83. The van der Waals surface area contributed by atoms with Crippen molar-refractivity contribution in [3.05, 3.63) is 47.6 Å². The minimum absolute atomic E-state index is 0.219. The fraction of sp³-hybridized carbons (Fsp3) is 0.550. The Morgan fingerprint density at radius 2 is 1.74 bits per heavy atom. The van der Waals surface area contributed by atoms with E-state index in [0.717, 1.165) is 56.9 Å². The van der Waals surface area contributed by atoms with Crippen LogP contribution < -0.4 is 16.4 Å². The van der Waals surface area contributed by atoms with Crippen LogP contribution in [0.4, 0.5) is 4.79 Å². The summed E-state index contributed by atoms with van der Waals surface area (Å²) in [4.78, 5) is 17.2. The highest BCUT2D eigenvalue weighted by molar-refractivity contribution is 5.75. The summed E-state index contributed by atoms with van der Waals surface area (Å²) in [5, 5.41) is 10.2. The van der Waals surface area contributed by atoms with Gasteiger partial charge in [0, 0.05) is 6.54 Å². The van der Waals surface area contributed by atoms with Gasteiger partial charge in [-0.05, 0) is 31.2 Å². The van der Waals surface area contributed by atoms with Gasteiger partial charge in [0.2, 0.25) is 0 Å². The zero-order valence-electron chi connectivity index (χ0n) is 15.5. The van der Waals surface area contributed by atoms with Crippen LogP contribution in [0.3, 0.4) is 0 Å². The highest BCUT2D eigenvalue weighted by Gasteiger charge is 2.44. The van der Waals surface area contributed by atoms with Gasteiger partial charge in [-0.15, -0.1) is 0 Å². The summed E-state index contributed by atoms with van der Waals surface area (Å²) in [5.41, 5.74) is 6.43. The van der Waals surface area contributed by atoms with Crippen molar-refractivity contribution in [2.45, 2.75) is 69.0 Å². The molecule has 2 fully saturated rings. The summed E-state index contributed by atoms with van der Waals surface area (Å²) >= 11 is 0. The molecule has 0 radical (unpaired) electrons. The normalized spacial score (nSPS) is 20.5. The summed E-state index contributed by atoms with van der Waals surface area (Å²) in [5.74, 6) is 1.06. The Hall–Kier alpha value is -2.41. The first-order chi connectivity index (χ1) is 13.1. The second-order valence-corrected chi connectivity index (χ2v) is 7.87. The van der Waals surface area contributed by atoms with Gasteiger partial charge >= 0.3 is 6.03 Å². The quantitative estimate of drug-likeness (QED) is 0.751. The van der Waals surface area contributed by atoms with E-state index in [0.29, 0.717) is 18.3 Å². The van der Waals surface area contributed by atoms with Crippen LogP contribution in [0.1, 0.15) is 68.6 Å². The lowest BCUT2D eigenvalue weighted by Crippen LogP contribution is -2.48. The van der Waals surface area contributed by atoms with Crippen LogP contribution in [0, 0.1) is 0 Å². The Morgan fingerprint density at radius 3 is 2.44 bits per heavy atom. The molecule has 2 aliphatic carbocycles. The van der Waals surface area contributed by atoms with Crippen LogP contribution in [0.5, 0.6) is 0 Å². The van der Waals surface area contributed by atoms with Crippen LogP contribution in [0.15, 0.2) is 34.9 Å². The van der Waals surface area contributed by atoms with Gasteiger partial charge in [0.15, 0.2) is 5.82 Å². The molecule has 0 atom stereocenters. The first kappa shape index (κ1) is 18.0. The predicted molar refractivity (Wildman–Crippen MR) is 101 cm³/mol. The number of nitrogens with two attached hydrogens (primary N) is 1. The molecule has 1 aromatic heterocycles. The highest BCUT2D eigenvalue weighted by Crippen LogP contribution is 2.40. The van der Waals surface area contributed by atoms with Crippen molar-refractivity contribution in [3.8, 4) is 0 Å². The number of amides is 2. The van der Waals surface area contributed by atoms with Gasteiger partial charge in [-0.1, -0.05) is 61.2 Å². The van der Waals surface area contributed by atoms with E-state index < -0.39 is 11.1 Å². The average molecular weight is 369 g/mol. The number of rotatable bonds is 5. The maximum Gasteiger partial charge on any atom is 0.315 e. The number of hydrogen-bond donors (Lipinski definition) is 3. The number of benzene rings is 1. The van der Waals surface area contributed by atoms with Crippen molar-refractivity contribution >= 4 is 6.03 Å². The fourth-order valence-corrected chi connectivity index (χ4v) is 4.26. The number of hydrogen-bond acceptors (Lipinski definition) is 5. The molecule has 7 heteroatoms. The summed E-state index contributed by atoms with van der Waals surface area (Å²) in [6, 6.07) is 9.62. The standard InChI is InChI=1S/C20H27N5O2/c21-19(10-4-5-11-19)16-23-17(27-25-16)20(12-6-7-13-20)24-18(26)22-14-15-8-2-1-3-9-15/h1-3,8-9H,4-7,10-14,21H2,(H2,22,24,26). The molecular formula is C20H27N5O2. The Bertz CT molecular complexity index is 777. The van der Waals surface area contributed by atoms with Crippen LogP contribution >= 0.6 is 0 Å². The second kappa shape index (κ2) is 7.31. The first-order valence-electron chi connectivity index (χ1n) is 9.83. The van der Waals surface area contributed by atoms with Crippen molar-refractivity contribution in [1.29, 1.82) is 0 Å². The Kier molecular flexibility index (Phi) is 4.86. The Balaban J connectivity index is 1.46. The van der Waals surface area contributed by atoms with Crippen LogP contribution in [0.25, 0.3) is 0 Å². The van der Waals surface area contributed by atoms with Crippen molar-refractivity contribution < 1.29 is 9.32 Å². The third kappa shape index (κ3) is 3.69. The van der Waals surface area contributed by atoms with E-state index in [-0.39, 0.29) is 6.03 Å². The van der Waals surface area contributed by atoms with Gasteiger partial charge in [-0.3, -0.25) is 0 Å². The largest absolute Gasteiger partial charge is 0.337 e. The van der Waals surface area contributed by atoms with Gasteiger partial charge < -0.3 is 20.9 Å². The zero-order valence-corrected chi connectivity index (χ0v) is 15.5. The molecular weight excluding hydrogens is 342 g/mol. The van der Waals surface area contributed by atoms with Crippen molar-refractivity contribution in [2.75, 3.05) is 0 Å². The molecule has 7 nitrogen and oxygen atoms in total. The fourth-order valence-electron chi connectivity index (χ4n) is 4.26. The molecule has 1 heterocycles. The molecule has 4 N–H and O–H groups in total. The van der Waals surface area contributed by atoms with Gasteiger partial charge in [0.05, 0.1) is 5.54 Å². The molecule has 1 aromatic carbocycles. The van der Waals surface area contributed by atoms with E-state index in [1.807, 2.05) is 30.3 Å². The SMILES string of the molecule is NC1(c2noc(C3(NC(=O)NCc4ccccc4)CCCC3)n2)CCCC1. The molecule has 0 aliphatic heterocycles. The van der Waals surface area contributed by atoms with Gasteiger partial charge in [0.1, 0.15) is 5.54 Å². The smallest absolute Gasteiger partial charge is 0.315 e. The van der Waals surface area contributed by atoms with Crippen molar-refractivity contribution in [1.82, 2.24) is 20.8 Å². The van der Waals surface area contributed by atoms with E-state index in [4.69, 9.17) is 10.3 Å². The van der Waals surface area contributed by atoms with Crippen molar-refractivity contribution in [3.63, 3.8) is 0 Å². The number of nitrogens with one attached hydrogen (secondary N) is 2. The Morgan fingerprint density at radius 1 is 1.07 bits per heavy atom. The van der Waals surface area contributed by atoms with Crippen LogP contribution in [-0.2, 0) is 17.6 Å². The van der Waals surface area contributed by atoms with Crippen LogP contribution in [0.2, 0.25) is 0 Å². The Labute approximate surface area is 159 Å². The number of carbonyl (C=O) groups is 1. The number of urea groups is 1. The van der Waals surface area contributed by atoms with E-state index in [9.17, 15) is 4.79 Å². The molecule has 144 valence electrons. The summed E-state index contributed by atoms with van der Waals surface area (Å²) < 4.78 is 5.61.